The Morgan fingerprint density at radius 2 is 1.08 bits per heavy atom. The summed E-state index contributed by atoms with van der Waals surface area (Å²) in [7, 11) is 0. The standard InChI is InChI=1S/C11H5F6N3O4/c12-10(13,14)8(23)19-6(21)4-2-1-3-5(18-4)7(22)20-9(24)11(15,16)17/h1-3H,(H,19,21,23)(H,20,22,24). The number of alkyl halides is 6. The summed E-state index contributed by atoms with van der Waals surface area (Å²) in [5.74, 6) is -8.49. The number of imide groups is 2. The van der Waals surface area contributed by atoms with Crippen LogP contribution < -0.4 is 10.6 Å². The Bertz CT molecular complexity index is 642. The number of rotatable bonds is 2. The number of nitrogens with one attached hydrogen (secondary N) is 2. The van der Waals surface area contributed by atoms with Crippen LogP contribution in [-0.4, -0.2) is 41.0 Å². The number of aromatic nitrogens is 1. The highest BCUT2D eigenvalue weighted by atomic mass is 19.4. The zero-order valence-electron chi connectivity index (χ0n) is 11.1. The maximum absolute atomic E-state index is 12.0. The molecule has 0 bridgehead atoms. The van der Waals surface area contributed by atoms with Crippen LogP contribution in [0.5, 0.6) is 0 Å². The third kappa shape index (κ3) is 5.03. The minimum Gasteiger partial charge on any atom is -0.283 e. The van der Waals surface area contributed by atoms with Crippen molar-refractivity contribution < 1.29 is 45.5 Å². The molecular weight excluding hydrogens is 352 g/mol. The van der Waals surface area contributed by atoms with Crippen molar-refractivity contribution in [1.29, 1.82) is 0 Å². The van der Waals surface area contributed by atoms with Crippen LogP contribution in [-0.2, 0) is 9.59 Å². The van der Waals surface area contributed by atoms with Crippen molar-refractivity contribution in [3.8, 4) is 0 Å². The molecule has 0 aliphatic rings. The molecule has 0 unspecified atom stereocenters. The van der Waals surface area contributed by atoms with E-state index in [2.05, 4.69) is 4.98 Å². The zero-order valence-corrected chi connectivity index (χ0v) is 11.1. The fraction of sp³-hybridized carbons (Fsp3) is 0.182. The number of carbonyl (C=O) groups excluding carboxylic acids is 4. The van der Waals surface area contributed by atoms with Gasteiger partial charge in [0.05, 0.1) is 0 Å². The van der Waals surface area contributed by atoms with E-state index in [1.807, 2.05) is 0 Å². The first kappa shape index (κ1) is 19.1. The Hall–Kier alpha value is -2.99. The predicted molar refractivity (Wildman–Crippen MR) is 61.3 cm³/mol. The molecule has 7 nitrogen and oxygen atoms in total. The number of pyridine rings is 1. The van der Waals surface area contributed by atoms with Gasteiger partial charge in [0.25, 0.3) is 11.8 Å². The molecule has 130 valence electrons. The van der Waals surface area contributed by atoms with Gasteiger partial charge in [-0.2, -0.15) is 26.3 Å². The molecule has 1 rings (SSSR count). The predicted octanol–water partition coefficient (Wildman–Crippen LogP) is 0.719. The van der Waals surface area contributed by atoms with E-state index >= 15 is 0 Å². The first-order chi connectivity index (χ1) is 10.8. The number of nitrogens with zero attached hydrogens (tertiary/aromatic N) is 1. The summed E-state index contributed by atoms with van der Waals surface area (Å²) in [5, 5.41) is 1.85. The fourth-order valence-electron chi connectivity index (χ4n) is 1.16. The normalized spacial score (nSPS) is 11.6. The monoisotopic (exact) mass is 357 g/mol. The van der Waals surface area contributed by atoms with Gasteiger partial charge in [-0.05, 0) is 12.1 Å². The SMILES string of the molecule is O=C(NC(=O)C(F)(F)F)c1cccc(C(=O)NC(=O)C(F)(F)F)n1. The second-order valence-corrected chi connectivity index (χ2v) is 3.97. The average Bonchev–Trinajstić information content (AvgIpc) is 2.45. The van der Waals surface area contributed by atoms with E-state index in [4.69, 9.17) is 0 Å². The smallest absolute Gasteiger partial charge is 0.283 e. The molecule has 0 fully saturated rings. The fourth-order valence-corrected chi connectivity index (χ4v) is 1.16. The van der Waals surface area contributed by atoms with Crippen LogP contribution in [0.15, 0.2) is 18.2 Å². The van der Waals surface area contributed by atoms with Gasteiger partial charge in [-0.15, -0.1) is 0 Å². The Kier molecular flexibility index (Phi) is 5.27. The van der Waals surface area contributed by atoms with Gasteiger partial charge >= 0.3 is 24.2 Å². The van der Waals surface area contributed by atoms with Gasteiger partial charge in [0.15, 0.2) is 0 Å². The summed E-state index contributed by atoms with van der Waals surface area (Å²) in [6.45, 7) is 0. The van der Waals surface area contributed by atoms with Gasteiger partial charge in [-0.25, -0.2) is 4.98 Å². The zero-order chi connectivity index (χ0) is 18.7. The molecule has 0 radical (unpaired) electrons. The van der Waals surface area contributed by atoms with Crippen LogP contribution in [0.3, 0.4) is 0 Å². The van der Waals surface area contributed by atoms with Crippen molar-refractivity contribution >= 4 is 23.6 Å². The van der Waals surface area contributed by atoms with Gasteiger partial charge in [0.1, 0.15) is 11.4 Å². The maximum Gasteiger partial charge on any atom is 0.471 e. The quantitative estimate of drug-likeness (QED) is 0.759. The van der Waals surface area contributed by atoms with E-state index in [0.717, 1.165) is 28.8 Å². The molecule has 2 N–H and O–H groups in total. The summed E-state index contributed by atoms with van der Waals surface area (Å²) in [6.07, 6.45) is -10.7. The van der Waals surface area contributed by atoms with Crippen molar-refractivity contribution in [1.82, 2.24) is 15.6 Å². The van der Waals surface area contributed by atoms with Crippen molar-refractivity contribution in [3.63, 3.8) is 0 Å². The highest BCUT2D eigenvalue weighted by Gasteiger charge is 2.41. The molecular formula is C11H5F6N3O4. The Morgan fingerprint density at radius 1 is 0.750 bits per heavy atom. The Balaban J connectivity index is 2.91. The van der Waals surface area contributed by atoms with Crippen LogP contribution in [0.2, 0.25) is 0 Å². The third-order valence-electron chi connectivity index (χ3n) is 2.18. The lowest BCUT2D eigenvalue weighted by Gasteiger charge is -2.08. The van der Waals surface area contributed by atoms with Crippen molar-refractivity contribution in [2.45, 2.75) is 12.4 Å². The lowest BCUT2D eigenvalue weighted by Crippen LogP contribution is -2.42. The molecule has 1 aromatic heterocycles. The van der Waals surface area contributed by atoms with Crippen LogP contribution in [0.1, 0.15) is 21.0 Å². The second kappa shape index (κ2) is 6.64. The summed E-state index contributed by atoms with van der Waals surface area (Å²) < 4.78 is 72.0. The van der Waals surface area contributed by atoms with E-state index in [0.29, 0.717) is 0 Å². The van der Waals surface area contributed by atoms with E-state index < -0.39 is 47.4 Å². The second-order valence-electron chi connectivity index (χ2n) is 3.97. The van der Waals surface area contributed by atoms with E-state index in [1.54, 1.807) is 0 Å². The molecule has 0 spiro atoms. The van der Waals surface area contributed by atoms with E-state index in [1.165, 1.54) is 0 Å². The van der Waals surface area contributed by atoms with Crippen LogP contribution in [0.4, 0.5) is 26.3 Å². The molecule has 1 aromatic rings. The van der Waals surface area contributed by atoms with Gasteiger partial charge in [-0.1, -0.05) is 6.07 Å². The molecule has 0 atom stereocenters. The molecule has 24 heavy (non-hydrogen) atoms. The number of hydrogen-bond donors (Lipinski definition) is 2. The molecule has 1 heterocycles. The van der Waals surface area contributed by atoms with Crippen molar-refractivity contribution in [2.24, 2.45) is 0 Å². The largest absolute Gasteiger partial charge is 0.471 e. The first-order valence-electron chi connectivity index (χ1n) is 5.64. The molecule has 0 aliphatic carbocycles. The number of hydrogen-bond acceptors (Lipinski definition) is 5. The molecule has 0 saturated heterocycles. The van der Waals surface area contributed by atoms with Crippen LogP contribution in [0, 0.1) is 0 Å². The van der Waals surface area contributed by atoms with Gasteiger partial charge < -0.3 is 0 Å². The molecule has 0 saturated carbocycles. The van der Waals surface area contributed by atoms with Gasteiger partial charge in [0.2, 0.25) is 0 Å². The summed E-state index contributed by atoms with van der Waals surface area (Å²) >= 11 is 0. The molecule has 13 heteroatoms. The van der Waals surface area contributed by atoms with Crippen LogP contribution >= 0.6 is 0 Å². The average molecular weight is 357 g/mol. The van der Waals surface area contributed by atoms with E-state index in [9.17, 15) is 45.5 Å². The lowest BCUT2D eigenvalue weighted by molar-refractivity contribution is -0.172. The summed E-state index contributed by atoms with van der Waals surface area (Å²) in [4.78, 5) is 47.1. The number of amides is 4. The van der Waals surface area contributed by atoms with Gasteiger partial charge in [-0.3, -0.25) is 29.8 Å². The molecule has 4 amide bonds. The minimum atomic E-state index is -5.36. The van der Waals surface area contributed by atoms with E-state index in [-0.39, 0.29) is 0 Å². The van der Waals surface area contributed by atoms with Crippen LogP contribution in [0.25, 0.3) is 0 Å². The molecule has 0 aliphatic heterocycles. The van der Waals surface area contributed by atoms with Crippen molar-refractivity contribution in [3.05, 3.63) is 29.6 Å². The molecule has 0 aromatic carbocycles. The number of halogens is 6. The number of carbonyl (C=O) groups is 4. The van der Waals surface area contributed by atoms with Gasteiger partial charge in [0, 0.05) is 0 Å². The van der Waals surface area contributed by atoms with Crippen molar-refractivity contribution in [2.75, 3.05) is 0 Å². The minimum absolute atomic E-state index is 0.793. The third-order valence-corrected chi connectivity index (χ3v) is 2.18. The topological polar surface area (TPSA) is 105 Å². The first-order valence-corrected chi connectivity index (χ1v) is 5.64. The summed E-state index contributed by atoms with van der Waals surface area (Å²) in [6, 6.07) is 2.48. The Morgan fingerprint density at radius 3 is 1.38 bits per heavy atom. The lowest BCUT2D eigenvalue weighted by atomic mass is 10.2. The Labute approximate surface area is 128 Å². The summed E-state index contributed by atoms with van der Waals surface area (Å²) in [5.41, 5.74) is -1.72. The maximum atomic E-state index is 12.0. The highest BCUT2D eigenvalue weighted by Crippen LogP contribution is 2.15. The highest BCUT2D eigenvalue weighted by molar-refractivity contribution is 6.07.